The molecule has 0 spiro atoms. The molecule has 24 heavy (non-hydrogen) atoms. The Hall–Kier alpha value is -1.40. The van der Waals surface area contributed by atoms with Gasteiger partial charge in [-0.15, -0.1) is 22.7 Å². The largest absolute Gasteiger partial charge is 0.356 e. The van der Waals surface area contributed by atoms with E-state index in [-0.39, 0.29) is 0 Å². The van der Waals surface area contributed by atoms with Crippen molar-refractivity contribution in [1.29, 1.82) is 0 Å². The van der Waals surface area contributed by atoms with Crippen molar-refractivity contribution in [1.82, 2.24) is 15.6 Å². The number of aryl methyl sites for hydroxylation is 4. The fourth-order valence-corrected chi connectivity index (χ4v) is 4.97. The van der Waals surface area contributed by atoms with Gasteiger partial charge in [0.25, 0.3) is 0 Å². The minimum atomic E-state index is 0.836. The molecule has 0 aliphatic heterocycles. The second-order valence-electron chi connectivity index (χ2n) is 6.17. The van der Waals surface area contributed by atoms with Crippen LogP contribution < -0.4 is 10.6 Å². The maximum Gasteiger partial charge on any atom is 0.191 e. The average Bonchev–Trinajstić information content (AvgIpc) is 3.19. The Kier molecular flexibility index (Phi) is 6.26. The van der Waals surface area contributed by atoms with E-state index in [4.69, 9.17) is 4.98 Å². The summed E-state index contributed by atoms with van der Waals surface area (Å²) in [6, 6.07) is 2.16. The summed E-state index contributed by atoms with van der Waals surface area (Å²) in [5.74, 6) is 0.876. The zero-order valence-corrected chi connectivity index (χ0v) is 16.2. The van der Waals surface area contributed by atoms with Crippen LogP contribution in [0.4, 0.5) is 0 Å². The van der Waals surface area contributed by atoms with Gasteiger partial charge in [-0.3, -0.25) is 4.99 Å². The Morgan fingerprint density at radius 3 is 2.92 bits per heavy atom. The van der Waals surface area contributed by atoms with E-state index in [0.717, 1.165) is 31.9 Å². The van der Waals surface area contributed by atoms with Crippen molar-refractivity contribution in [3.05, 3.63) is 37.5 Å². The molecular formula is C18H26N4S2. The summed E-state index contributed by atoms with van der Waals surface area (Å²) in [5, 5.41) is 10.2. The van der Waals surface area contributed by atoms with Crippen LogP contribution in [-0.2, 0) is 25.8 Å². The standard InChI is InChI=1S/C18H26N4S2/c1-13-9-11-23-16(13)12-21-18(19-2)20-10-5-8-17-22-14-6-3-4-7-15(14)24-17/h9,11H,3-8,10,12H2,1-2H3,(H2,19,20,21). The van der Waals surface area contributed by atoms with Gasteiger partial charge in [0.1, 0.15) is 0 Å². The van der Waals surface area contributed by atoms with Crippen molar-refractivity contribution in [3.63, 3.8) is 0 Å². The minimum Gasteiger partial charge on any atom is -0.356 e. The molecule has 0 amide bonds. The topological polar surface area (TPSA) is 49.3 Å². The van der Waals surface area contributed by atoms with E-state index < -0.39 is 0 Å². The van der Waals surface area contributed by atoms with Crippen molar-refractivity contribution in [2.75, 3.05) is 13.6 Å². The van der Waals surface area contributed by atoms with Gasteiger partial charge in [-0.1, -0.05) is 0 Å². The molecule has 0 saturated heterocycles. The molecule has 130 valence electrons. The molecule has 2 heterocycles. The Labute approximate surface area is 152 Å². The second-order valence-corrected chi connectivity index (χ2v) is 8.34. The molecule has 2 aromatic heterocycles. The molecule has 0 saturated carbocycles. The van der Waals surface area contributed by atoms with E-state index in [2.05, 4.69) is 34.0 Å². The van der Waals surface area contributed by atoms with Crippen molar-refractivity contribution < 1.29 is 0 Å². The first-order valence-electron chi connectivity index (χ1n) is 8.71. The van der Waals surface area contributed by atoms with Crippen molar-refractivity contribution in [3.8, 4) is 0 Å². The molecule has 0 radical (unpaired) electrons. The van der Waals surface area contributed by atoms with Crippen LogP contribution in [0.2, 0.25) is 0 Å². The van der Waals surface area contributed by atoms with Gasteiger partial charge in [-0.25, -0.2) is 4.98 Å². The minimum absolute atomic E-state index is 0.836. The van der Waals surface area contributed by atoms with Gasteiger partial charge in [0, 0.05) is 29.8 Å². The third-order valence-electron chi connectivity index (χ3n) is 4.36. The maximum absolute atomic E-state index is 4.81. The van der Waals surface area contributed by atoms with E-state index in [1.54, 1.807) is 11.3 Å². The lowest BCUT2D eigenvalue weighted by molar-refractivity contribution is 0.678. The first kappa shape index (κ1) is 17.4. The third-order valence-corrected chi connectivity index (χ3v) is 6.60. The van der Waals surface area contributed by atoms with Gasteiger partial charge in [0.15, 0.2) is 5.96 Å². The van der Waals surface area contributed by atoms with Crippen LogP contribution in [0, 0.1) is 6.92 Å². The number of fused-ring (bicyclic) bond motifs is 1. The highest BCUT2D eigenvalue weighted by Gasteiger charge is 2.14. The van der Waals surface area contributed by atoms with Crippen LogP contribution in [0.1, 0.15) is 45.3 Å². The maximum atomic E-state index is 4.81. The van der Waals surface area contributed by atoms with Gasteiger partial charge < -0.3 is 10.6 Å². The number of nitrogens with zero attached hydrogens (tertiary/aromatic N) is 2. The zero-order valence-electron chi connectivity index (χ0n) is 14.5. The van der Waals surface area contributed by atoms with Crippen LogP contribution in [0.25, 0.3) is 0 Å². The van der Waals surface area contributed by atoms with E-state index >= 15 is 0 Å². The van der Waals surface area contributed by atoms with Crippen LogP contribution in [-0.4, -0.2) is 24.5 Å². The van der Waals surface area contributed by atoms with Gasteiger partial charge >= 0.3 is 0 Å². The van der Waals surface area contributed by atoms with Crippen LogP contribution >= 0.6 is 22.7 Å². The van der Waals surface area contributed by atoms with Gasteiger partial charge in [-0.2, -0.15) is 0 Å². The number of aliphatic imine (C=N–C) groups is 1. The van der Waals surface area contributed by atoms with E-state index in [1.165, 1.54) is 51.7 Å². The third kappa shape index (κ3) is 4.57. The number of guanidine groups is 1. The van der Waals surface area contributed by atoms with Crippen LogP contribution in [0.5, 0.6) is 0 Å². The summed E-state index contributed by atoms with van der Waals surface area (Å²) in [6.45, 7) is 3.91. The van der Waals surface area contributed by atoms with Gasteiger partial charge in [0.05, 0.1) is 17.2 Å². The summed E-state index contributed by atoms with van der Waals surface area (Å²) in [6.07, 6.45) is 7.22. The predicted molar refractivity (Wildman–Crippen MR) is 104 cm³/mol. The molecule has 0 bridgehead atoms. The lowest BCUT2D eigenvalue weighted by atomic mass is 10.0. The summed E-state index contributed by atoms with van der Waals surface area (Å²) in [5.41, 5.74) is 2.72. The molecule has 6 heteroatoms. The number of thiazole rings is 1. The summed E-state index contributed by atoms with van der Waals surface area (Å²) >= 11 is 3.72. The highest BCUT2D eigenvalue weighted by Crippen LogP contribution is 2.27. The van der Waals surface area contributed by atoms with Crippen molar-refractivity contribution >= 4 is 28.6 Å². The Morgan fingerprint density at radius 2 is 2.17 bits per heavy atom. The van der Waals surface area contributed by atoms with E-state index in [1.807, 2.05) is 18.4 Å². The number of thiophene rings is 1. The molecule has 4 nitrogen and oxygen atoms in total. The molecule has 0 unspecified atom stereocenters. The lowest BCUT2D eigenvalue weighted by Crippen LogP contribution is -2.37. The lowest BCUT2D eigenvalue weighted by Gasteiger charge is -2.11. The highest BCUT2D eigenvalue weighted by atomic mass is 32.1. The Bertz CT molecular complexity index is 664. The fourth-order valence-electron chi connectivity index (χ4n) is 2.93. The molecule has 0 fully saturated rings. The van der Waals surface area contributed by atoms with Crippen LogP contribution in [0.15, 0.2) is 16.4 Å². The number of hydrogen-bond acceptors (Lipinski definition) is 4. The summed E-state index contributed by atoms with van der Waals surface area (Å²) in [4.78, 5) is 12.0. The summed E-state index contributed by atoms with van der Waals surface area (Å²) in [7, 11) is 1.82. The van der Waals surface area contributed by atoms with Gasteiger partial charge in [-0.05, 0) is 56.0 Å². The zero-order chi connectivity index (χ0) is 16.8. The van der Waals surface area contributed by atoms with E-state index in [0.29, 0.717) is 0 Å². The van der Waals surface area contributed by atoms with Crippen molar-refractivity contribution in [2.24, 2.45) is 4.99 Å². The quantitative estimate of drug-likeness (QED) is 0.468. The smallest absolute Gasteiger partial charge is 0.191 e. The number of aromatic nitrogens is 1. The molecule has 2 N–H and O–H groups in total. The molecule has 1 aliphatic rings. The fraction of sp³-hybridized carbons (Fsp3) is 0.556. The molecule has 0 aromatic carbocycles. The predicted octanol–water partition coefficient (Wildman–Crippen LogP) is 3.69. The van der Waals surface area contributed by atoms with Gasteiger partial charge in [0.2, 0.25) is 0 Å². The normalized spacial score (nSPS) is 14.5. The van der Waals surface area contributed by atoms with E-state index in [9.17, 15) is 0 Å². The number of hydrogen-bond donors (Lipinski definition) is 2. The first-order chi connectivity index (χ1) is 11.8. The first-order valence-corrected chi connectivity index (χ1v) is 10.4. The van der Waals surface area contributed by atoms with Crippen molar-refractivity contribution in [2.45, 2.75) is 52.0 Å². The average molecular weight is 363 g/mol. The number of nitrogens with one attached hydrogen (secondary N) is 2. The SMILES string of the molecule is CN=C(NCCCc1nc2c(s1)CCCC2)NCc1sccc1C. The second kappa shape index (κ2) is 8.62. The Morgan fingerprint density at radius 1 is 1.29 bits per heavy atom. The highest BCUT2D eigenvalue weighted by molar-refractivity contribution is 7.11. The van der Waals surface area contributed by atoms with Crippen LogP contribution in [0.3, 0.4) is 0 Å². The molecule has 0 atom stereocenters. The Balaban J connectivity index is 1.38. The molecule has 2 aromatic rings. The molecule has 3 rings (SSSR count). The molecular weight excluding hydrogens is 336 g/mol. The monoisotopic (exact) mass is 362 g/mol. The molecule has 1 aliphatic carbocycles. The summed E-state index contributed by atoms with van der Waals surface area (Å²) < 4.78 is 0. The number of rotatable bonds is 6.